The van der Waals surface area contributed by atoms with E-state index >= 15 is 0 Å². The predicted molar refractivity (Wildman–Crippen MR) is 73.7 cm³/mol. The molecule has 0 aliphatic carbocycles. The molecule has 0 amide bonds. The molecule has 1 rings (SSSR count). The molecule has 0 fully saturated rings. The third-order valence-electron chi connectivity index (χ3n) is 2.63. The van der Waals surface area contributed by atoms with Gasteiger partial charge in [0.15, 0.2) is 0 Å². The minimum atomic E-state index is -4.45. The first-order chi connectivity index (χ1) is 9.25. The Kier molecular flexibility index (Phi) is 5.86. The number of esters is 1. The molecule has 0 radical (unpaired) electrons. The number of anilines is 1. The Hall–Kier alpha value is -1.24. The number of benzene rings is 1. The van der Waals surface area contributed by atoms with Crippen LogP contribution in [0.4, 0.5) is 18.9 Å². The van der Waals surface area contributed by atoms with Crippen LogP contribution in [-0.4, -0.2) is 26.2 Å². The number of hydrogen-bond acceptors (Lipinski definition) is 3. The highest BCUT2D eigenvalue weighted by molar-refractivity contribution is 9.10. The lowest BCUT2D eigenvalue weighted by molar-refractivity contribution is -0.142. The van der Waals surface area contributed by atoms with Crippen LogP contribution in [-0.2, 0) is 15.7 Å². The summed E-state index contributed by atoms with van der Waals surface area (Å²) in [6, 6.07) is 3.93. The van der Waals surface area contributed by atoms with Gasteiger partial charge in [-0.05, 0) is 25.1 Å². The molecule has 0 aromatic heterocycles. The molecule has 0 aliphatic rings. The lowest BCUT2D eigenvalue weighted by Gasteiger charge is -2.23. The summed E-state index contributed by atoms with van der Waals surface area (Å²) >= 11 is 3.03. The van der Waals surface area contributed by atoms with Crippen LogP contribution in [0.2, 0.25) is 0 Å². The van der Waals surface area contributed by atoms with Crippen molar-refractivity contribution in [3.63, 3.8) is 0 Å². The van der Waals surface area contributed by atoms with Gasteiger partial charge in [-0.1, -0.05) is 15.9 Å². The van der Waals surface area contributed by atoms with Crippen molar-refractivity contribution >= 4 is 27.6 Å². The fourth-order valence-electron chi connectivity index (χ4n) is 1.68. The minimum absolute atomic E-state index is 0.0324. The molecule has 0 aliphatic heterocycles. The quantitative estimate of drug-likeness (QED) is 0.753. The van der Waals surface area contributed by atoms with Gasteiger partial charge in [-0.25, -0.2) is 0 Å². The van der Waals surface area contributed by atoms with E-state index in [1.165, 1.54) is 24.1 Å². The van der Waals surface area contributed by atoms with Gasteiger partial charge in [-0.3, -0.25) is 4.79 Å². The van der Waals surface area contributed by atoms with Gasteiger partial charge in [0.2, 0.25) is 0 Å². The molecule has 0 bridgehead atoms. The molecule has 0 N–H and O–H groups in total. The molecule has 0 heterocycles. The molecule has 20 heavy (non-hydrogen) atoms. The first kappa shape index (κ1) is 16.8. The molecular weight excluding hydrogens is 339 g/mol. The second kappa shape index (κ2) is 6.97. The molecule has 0 atom stereocenters. The topological polar surface area (TPSA) is 29.5 Å². The SMILES string of the molecule is CCOC(=O)CCN(C)c1ccc(Br)cc1C(F)(F)F. The minimum Gasteiger partial charge on any atom is -0.466 e. The number of carbonyl (C=O) groups is 1. The first-order valence-electron chi connectivity index (χ1n) is 5.99. The van der Waals surface area contributed by atoms with E-state index < -0.39 is 17.7 Å². The van der Waals surface area contributed by atoms with E-state index in [2.05, 4.69) is 15.9 Å². The van der Waals surface area contributed by atoms with Gasteiger partial charge in [0, 0.05) is 23.8 Å². The summed E-state index contributed by atoms with van der Waals surface area (Å²) in [5, 5.41) is 0. The normalized spacial score (nSPS) is 11.3. The fourth-order valence-corrected chi connectivity index (χ4v) is 2.04. The zero-order valence-electron chi connectivity index (χ0n) is 11.1. The molecule has 3 nitrogen and oxygen atoms in total. The number of carbonyl (C=O) groups excluding carboxylic acids is 1. The maximum atomic E-state index is 13.0. The lowest BCUT2D eigenvalue weighted by atomic mass is 10.1. The van der Waals surface area contributed by atoms with Crippen LogP contribution in [0.3, 0.4) is 0 Å². The highest BCUT2D eigenvalue weighted by Gasteiger charge is 2.34. The van der Waals surface area contributed by atoms with E-state index in [1.807, 2.05) is 0 Å². The molecule has 0 spiro atoms. The molecule has 7 heteroatoms. The Balaban J connectivity index is 2.87. The molecular formula is C13H15BrF3NO2. The third-order valence-corrected chi connectivity index (χ3v) is 3.13. The van der Waals surface area contributed by atoms with E-state index in [0.29, 0.717) is 4.47 Å². The summed E-state index contributed by atoms with van der Waals surface area (Å²) in [6.07, 6.45) is -4.41. The number of ether oxygens (including phenoxy) is 1. The number of nitrogens with zero attached hydrogens (tertiary/aromatic N) is 1. The second-order valence-electron chi connectivity index (χ2n) is 4.14. The van der Waals surface area contributed by atoms with Gasteiger partial charge >= 0.3 is 12.1 Å². The average molecular weight is 354 g/mol. The lowest BCUT2D eigenvalue weighted by Crippen LogP contribution is -2.24. The first-order valence-corrected chi connectivity index (χ1v) is 6.78. The van der Waals surface area contributed by atoms with Gasteiger partial charge in [-0.15, -0.1) is 0 Å². The van der Waals surface area contributed by atoms with Crippen LogP contribution in [0.5, 0.6) is 0 Å². The van der Waals surface area contributed by atoms with Gasteiger partial charge in [0.05, 0.1) is 18.6 Å². The standard InChI is InChI=1S/C13H15BrF3NO2/c1-3-20-12(19)6-7-18(2)11-5-4-9(14)8-10(11)13(15,16)17/h4-5,8H,3,6-7H2,1-2H3. The Bertz CT molecular complexity index is 477. The highest BCUT2D eigenvalue weighted by Crippen LogP contribution is 2.37. The predicted octanol–water partition coefficient (Wildman–Crippen LogP) is 3.86. The molecule has 112 valence electrons. The van der Waals surface area contributed by atoms with Crippen LogP contribution >= 0.6 is 15.9 Å². The van der Waals surface area contributed by atoms with E-state index in [1.54, 1.807) is 6.92 Å². The number of alkyl halides is 3. The number of hydrogen-bond donors (Lipinski definition) is 0. The second-order valence-corrected chi connectivity index (χ2v) is 5.05. The Labute approximate surface area is 123 Å². The van der Waals surface area contributed by atoms with E-state index in [4.69, 9.17) is 4.74 Å². The van der Waals surface area contributed by atoms with Gasteiger partial charge in [0.1, 0.15) is 0 Å². The largest absolute Gasteiger partial charge is 0.466 e. The van der Waals surface area contributed by atoms with Gasteiger partial charge in [0.25, 0.3) is 0 Å². The van der Waals surface area contributed by atoms with Crippen molar-refractivity contribution in [1.29, 1.82) is 0 Å². The monoisotopic (exact) mass is 353 g/mol. The molecule has 0 unspecified atom stereocenters. The molecule has 1 aromatic rings. The van der Waals surface area contributed by atoms with Crippen molar-refractivity contribution in [3.8, 4) is 0 Å². The number of halogens is 4. The maximum absolute atomic E-state index is 13.0. The Morgan fingerprint density at radius 3 is 2.60 bits per heavy atom. The summed E-state index contributed by atoms with van der Waals surface area (Å²) in [5.74, 6) is -0.426. The van der Waals surface area contributed by atoms with E-state index in [-0.39, 0.29) is 25.3 Å². The van der Waals surface area contributed by atoms with Crippen molar-refractivity contribution < 1.29 is 22.7 Å². The summed E-state index contributed by atoms with van der Waals surface area (Å²) < 4.78 is 44.0. The van der Waals surface area contributed by atoms with E-state index in [0.717, 1.165) is 6.07 Å². The van der Waals surface area contributed by atoms with Crippen molar-refractivity contribution in [2.24, 2.45) is 0 Å². The summed E-state index contributed by atoms with van der Waals surface area (Å²) in [7, 11) is 1.51. The zero-order chi connectivity index (χ0) is 15.3. The van der Waals surface area contributed by atoms with Crippen molar-refractivity contribution in [2.45, 2.75) is 19.5 Å². The molecule has 0 saturated carbocycles. The Morgan fingerprint density at radius 1 is 1.40 bits per heavy atom. The summed E-state index contributed by atoms with van der Waals surface area (Å²) in [5.41, 5.74) is -0.705. The third kappa shape index (κ3) is 4.70. The zero-order valence-corrected chi connectivity index (χ0v) is 12.7. The van der Waals surface area contributed by atoms with Crippen LogP contribution < -0.4 is 4.90 Å². The smallest absolute Gasteiger partial charge is 0.418 e. The van der Waals surface area contributed by atoms with Crippen molar-refractivity contribution in [3.05, 3.63) is 28.2 Å². The van der Waals surface area contributed by atoms with Crippen molar-refractivity contribution in [1.82, 2.24) is 0 Å². The average Bonchev–Trinajstić information content (AvgIpc) is 2.35. The van der Waals surface area contributed by atoms with E-state index in [9.17, 15) is 18.0 Å². The fraction of sp³-hybridized carbons (Fsp3) is 0.462. The molecule has 1 aromatic carbocycles. The maximum Gasteiger partial charge on any atom is 0.418 e. The van der Waals surface area contributed by atoms with Gasteiger partial charge in [-0.2, -0.15) is 13.2 Å². The molecule has 0 saturated heterocycles. The van der Waals surface area contributed by atoms with Crippen LogP contribution in [0.1, 0.15) is 18.9 Å². The summed E-state index contributed by atoms with van der Waals surface area (Å²) in [6.45, 7) is 2.09. The van der Waals surface area contributed by atoms with Crippen LogP contribution in [0, 0.1) is 0 Å². The van der Waals surface area contributed by atoms with Crippen molar-refractivity contribution in [2.75, 3.05) is 25.1 Å². The van der Waals surface area contributed by atoms with Crippen LogP contribution in [0.25, 0.3) is 0 Å². The Morgan fingerprint density at radius 2 is 2.05 bits per heavy atom. The summed E-state index contributed by atoms with van der Waals surface area (Å²) in [4.78, 5) is 12.6. The highest BCUT2D eigenvalue weighted by atomic mass is 79.9. The number of rotatable bonds is 5. The van der Waals surface area contributed by atoms with Crippen LogP contribution in [0.15, 0.2) is 22.7 Å². The van der Waals surface area contributed by atoms with Gasteiger partial charge < -0.3 is 9.64 Å².